The normalized spacial score (nSPS) is 12.4. The summed E-state index contributed by atoms with van der Waals surface area (Å²) in [6.45, 7) is 0. The van der Waals surface area contributed by atoms with Gasteiger partial charge >= 0.3 is 11.7 Å². The number of non-ortho nitro benzene ring substituents is 1. The average Bonchev–Trinajstić information content (AvgIpc) is 2.90. The number of unbranched alkanes of at least 4 members (excludes halogenated alkanes) is 1. The summed E-state index contributed by atoms with van der Waals surface area (Å²) in [6, 6.07) is 2.44. The van der Waals surface area contributed by atoms with Crippen LogP contribution in [0.2, 0.25) is 0 Å². The number of nitrogens with two attached hydrogens (primary N) is 1. The van der Waals surface area contributed by atoms with Crippen LogP contribution in [0.4, 0.5) is 5.69 Å². The van der Waals surface area contributed by atoms with Crippen molar-refractivity contribution in [3.8, 4) is 0 Å². The molecular weight excluding hydrogens is 280 g/mol. The topological polar surface area (TPSA) is 145 Å². The Hall–Kier alpha value is -2.55. The van der Waals surface area contributed by atoms with Crippen molar-refractivity contribution in [3.05, 3.63) is 27.8 Å². The van der Waals surface area contributed by atoms with E-state index in [4.69, 9.17) is 10.8 Å². The molecule has 1 aromatic heterocycles. The molecule has 0 fully saturated rings. The van der Waals surface area contributed by atoms with Crippen molar-refractivity contribution < 1.29 is 19.5 Å². The van der Waals surface area contributed by atoms with Crippen LogP contribution in [0.25, 0.3) is 11.0 Å². The van der Waals surface area contributed by atoms with E-state index in [1.54, 1.807) is 0 Å². The fourth-order valence-electron chi connectivity index (χ4n) is 2.12. The molecule has 1 aromatic carbocycles. The largest absolute Gasteiger partial charge is 0.481 e. The molecule has 0 amide bonds. The van der Waals surface area contributed by atoms with Crippen LogP contribution in [-0.4, -0.2) is 26.3 Å². The van der Waals surface area contributed by atoms with Gasteiger partial charge in [-0.1, -0.05) is 6.42 Å². The van der Waals surface area contributed by atoms with Crippen LogP contribution in [0, 0.1) is 10.1 Å². The smallest absolute Gasteiger partial charge is 0.303 e. The van der Waals surface area contributed by atoms with Gasteiger partial charge in [0.15, 0.2) is 0 Å². The molecule has 0 spiro atoms. The van der Waals surface area contributed by atoms with Crippen molar-refractivity contribution in [2.45, 2.75) is 31.7 Å². The predicted octanol–water partition coefficient (Wildman–Crippen LogP) is 1.78. The van der Waals surface area contributed by atoms with E-state index in [2.05, 4.69) is 14.9 Å². The third-order valence-corrected chi connectivity index (χ3v) is 3.18. The van der Waals surface area contributed by atoms with Crippen LogP contribution in [0.15, 0.2) is 16.8 Å². The lowest BCUT2D eigenvalue weighted by Gasteiger charge is -2.11. The number of nitrogens with zero attached hydrogens (tertiary/aromatic N) is 3. The molecule has 21 heavy (non-hydrogen) atoms. The highest BCUT2D eigenvalue weighted by atomic mass is 16.6. The molecule has 9 heteroatoms. The van der Waals surface area contributed by atoms with E-state index < -0.39 is 16.9 Å². The molecule has 3 N–H and O–H groups in total. The van der Waals surface area contributed by atoms with Gasteiger partial charge in [0.1, 0.15) is 5.52 Å². The highest BCUT2D eigenvalue weighted by molar-refractivity contribution is 5.86. The van der Waals surface area contributed by atoms with Crippen LogP contribution in [0.3, 0.4) is 0 Å². The van der Waals surface area contributed by atoms with Crippen molar-refractivity contribution in [3.63, 3.8) is 0 Å². The Balaban J connectivity index is 2.15. The third-order valence-electron chi connectivity index (χ3n) is 3.18. The average molecular weight is 294 g/mol. The summed E-state index contributed by atoms with van der Waals surface area (Å²) < 4.78 is 4.57. The molecule has 0 aliphatic heterocycles. The molecular formula is C12H14N4O5. The zero-order valence-corrected chi connectivity index (χ0v) is 11.1. The maximum atomic E-state index is 10.9. The number of nitro groups is 1. The van der Waals surface area contributed by atoms with Gasteiger partial charge in [-0.15, -0.1) is 0 Å². The zero-order valence-electron chi connectivity index (χ0n) is 11.1. The third kappa shape index (κ3) is 3.31. The summed E-state index contributed by atoms with van der Waals surface area (Å²) in [5.41, 5.74) is 6.79. The maximum Gasteiger partial charge on any atom is 0.303 e. The molecule has 0 saturated carbocycles. The van der Waals surface area contributed by atoms with E-state index in [0.717, 1.165) is 0 Å². The maximum absolute atomic E-state index is 10.9. The van der Waals surface area contributed by atoms with Gasteiger partial charge in [-0.05, 0) is 29.2 Å². The second-order valence-electron chi connectivity index (χ2n) is 4.64. The van der Waals surface area contributed by atoms with Gasteiger partial charge in [-0.25, -0.2) is 4.63 Å². The number of carboxylic acids is 1. The van der Waals surface area contributed by atoms with Crippen LogP contribution in [0.1, 0.15) is 37.3 Å². The first kappa shape index (κ1) is 14.9. The first-order valence-corrected chi connectivity index (χ1v) is 6.37. The number of carboxylic acid groups (broad SMARTS) is 1. The van der Waals surface area contributed by atoms with Gasteiger partial charge in [0.2, 0.25) is 5.52 Å². The van der Waals surface area contributed by atoms with Gasteiger partial charge in [0.05, 0.1) is 4.92 Å². The molecule has 1 unspecified atom stereocenters. The van der Waals surface area contributed by atoms with Gasteiger partial charge in [-0.2, -0.15) is 0 Å². The summed E-state index contributed by atoms with van der Waals surface area (Å²) in [6.07, 6.45) is 1.80. The molecule has 0 aliphatic rings. The van der Waals surface area contributed by atoms with E-state index in [-0.39, 0.29) is 23.1 Å². The minimum Gasteiger partial charge on any atom is -0.481 e. The number of hydrogen-bond acceptors (Lipinski definition) is 7. The highest BCUT2D eigenvalue weighted by Crippen LogP contribution is 2.30. The quantitative estimate of drug-likeness (QED) is 0.446. The van der Waals surface area contributed by atoms with E-state index in [1.807, 2.05) is 0 Å². The van der Waals surface area contributed by atoms with E-state index >= 15 is 0 Å². The van der Waals surface area contributed by atoms with Gasteiger partial charge in [0.25, 0.3) is 0 Å². The monoisotopic (exact) mass is 294 g/mol. The van der Waals surface area contributed by atoms with Crippen LogP contribution in [-0.2, 0) is 4.79 Å². The number of benzene rings is 1. The van der Waals surface area contributed by atoms with Crippen molar-refractivity contribution in [2.24, 2.45) is 5.73 Å². The summed E-state index contributed by atoms with van der Waals surface area (Å²) in [5, 5.41) is 26.7. The molecule has 0 bridgehead atoms. The molecule has 1 atom stereocenters. The Labute approximate surface area is 118 Å². The molecule has 2 aromatic rings. The molecule has 0 radical (unpaired) electrons. The first-order valence-electron chi connectivity index (χ1n) is 6.37. The second-order valence-corrected chi connectivity index (χ2v) is 4.64. The number of hydrogen-bond donors (Lipinski definition) is 2. The van der Waals surface area contributed by atoms with Crippen molar-refractivity contribution in [1.82, 2.24) is 10.3 Å². The minimum absolute atomic E-state index is 0.0680. The fraction of sp³-hybridized carbons (Fsp3) is 0.417. The Kier molecular flexibility index (Phi) is 4.43. The Morgan fingerprint density at radius 3 is 2.76 bits per heavy atom. The number of aromatic nitrogens is 2. The van der Waals surface area contributed by atoms with E-state index in [9.17, 15) is 14.9 Å². The van der Waals surface area contributed by atoms with Crippen LogP contribution < -0.4 is 5.73 Å². The number of carbonyl (C=O) groups is 1. The minimum atomic E-state index is -0.845. The van der Waals surface area contributed by atoms with Crippen LogP contribution in [0.5, 0.6) is 0 Å². The Bertz CT molecular complexity index is 669. The number of aliphatic carboxylic acids is 1. The van der Waals surface area contributed by atoms with Crippen molar-refractivity contribution >= 4 is 22.7 Å². The van der Waals surface area contributed by atoms with E-state index in [0.29, 0.717) is 24.8 Å². The summed E-state index contributed by atoms with van der Waals surface area (Å²) in [4.78, 5) is 20.7. The zero-order chi connectivity index (χ0) is 15.4. The fourth-order valence-corrected chi connectivity index (χ4v) is 2.12. The standard InChI is InChI=1S/C12H14N4O5/c13-8(3-1-2-4-10(17)18)7-5-6-9(16(19)20)12-11(7)14-21-15-12/h5-6,8H,1-4,13H2,(H,17,18). The predicted molar refractivity (Wildman–Crippen MR) is 71.5 cm³/mol. The van der Waals surface area contributed by atoms with Crippen molar-refractivity contribution in [2.75, 3.05) is 0 Å². The number of rotatable bonds is 7. The van der Waals surface area contributed by atoms with Gasteiger partial charge in [-0.3, -0.25) is 14.9 Å². The number of fused-ring (bicyclic) bond motifs is 1. The first-order chi connectivity index (χ1) is 10.0. The lowest BCUT2D eigenvalue weighted by atomic mass is 9.99. The van der Waals surface area contributed by atoms with Crippen molar-refractivity contribution in [1.29, 1.82) is 0 Å². The SMILES string of the molecule is NC(CCCCC(=O)O)c1ccc([N+](=O)[O-])c2nonc12. The highest BCUT2D eigenvalue weighted by Gasteiger charge is 2.22. The molecule has 9 nitrogen and oxygen atoms in total. The summed E-state index contributed by atoms with van der Waals surface area (Å²) in [7, 11) is 0. The summed E-state index contributed by atoms with van der Waals surface area (Å²) in [5.74, 6) is -0.845. The van der Waals surface area contributed by atoms with Gasteiger partial charge < -0.3 is 10.8 Å². The molecule has 1 heterocycles. The lowest BCUT2D eigenvalue weighted by molar-refractivity contribution is -0.383. The molecule has 0 aliphatic carbocycles. The molecule has 112 valence electrons. The Morgan fingerprint density at radius 2 is 2.10 bits per heavy atom. The second kappa shape index (κ2) is 6.27. The van der Waals surface area contributed by atoms with Gasteiger partial charge in [0, 0.05) is 24.1 Å². The lowest BCUT2D eigenvalue weighted by Crippen LogP contribution is -2.11. The molecule has 0 saturated heterocycles. The number of nitro benzene ring substituents is 1. The Morgan fingerprint density at radius 1 is 1.38 bits per heavy atom. The van der Waals surface area contributed by atoms with Crippen LogP contribution >= 0.6 is 0 Å². The summed E-state index contributed by atoms with van der Waals surface area (Å²) >= 11 is 0. The molecule has 2 rings (SSSR count). The van der Waals surface area contributed by atoms with E-state index in [1.165, 1.54) is 12.1 Å².